The van der Waals surface area contributed by atoms with Crippen LogP contribution in [0.25, 0.3) is 0 Å². The molecule has 1 aromatic rings. The third-order valence-corrected chi connectivity index (χ3v) is 8.24. The molecule has 0 aliphatic heterocycles. The summed E-state index contributed by atoms with van der Waals surface area (Å²) in [6.07, 6.45) is 8.43. The van der Waals surface area contributed by atoms with Gasteiger partial charge in [-0.1, -0.05) is 25.5 Å². The van der Waals surface area contributed by atoms with E-state index in [1.165, 1.54) is 12.7 Å². The molecule has 0 amide bonds. The van der Waals surface area contributed by atoms with Crippen LogP contribution in [0.15, 0.2) is 28.9 Å². The summed E-state index contributed by atoms with van der Waals surface area (Å²) in [6.45, 7) is 11.0. The molecule has 6 heteroatoms. The second-order valence-electron chi connectivity index (χ2n) is 10.0. The summed E-state index contributed by atoms with van der Waals surface area (Å²) in [5.41, 5.74) is 2.00. The van der Waals surface area contributed by atoms with Crippen LogP contribution in [-0.4, -0.2) is 25.1 Å². The summed E-state index contributed by atoms with van der Waals surface area (Å²) in [7, 11) is 1.50. The van der Waals surface area contributed by atoms with Crippen LogP contribution in [0.3, 0.4) is 0 Å². The Balaban J connectivity index is 1.75. The number of esters is 1. The zero-order valence-electron chi connectivity index (χ0n) is 19.4. The lowest BCUT2D eigenvalue weighted by atomic mass is 9.46. The SMILES string of the molecule is C=C1CC[C@@H]2[C@](C)(CCC[C@@]2(C)C(=O)OC)[C@@H]1CCc1ccoc1C[NH2+][C@H](C)C(=O)[O-]. The largest absolute Gasteiger partial charge is 0.544 e. The molecule has 0 spiro atoms. The number of furan rings is 1. The van der Waals surface area contributed by atoms with Gasteiger partial charge in [0, 0.05) is 0 Å². The predicted molar refractivity (Wildman–Crippen MR) is 115 cm³/mol. The highest BCUT2D eigenvalue weighted by Gasteiger charge is 2.57. The number of carboxylic acids is 1. The van der Waals surface area contributed by atoms with Crippen molar-refractivity contribution in [1.82, 2.24) is 0 Å². The van der Waals surface area contributed by atoms with Crippen LogP contribution in [0.1, 0.15) is 70.6 Å². The fourth-order valence-electron chi connectivity index (χ4n) is 6.41. The molecule has 3 rings (SSSR count). The van der Waals surface area contributed by atoms with Crippen LogP contribution in [-0.2, 0) is 27.3 Å². The number of rotatable bonds is 8. The molecule has 2 aliphatic rings. The Bertz CT molecular complexity index is 830. The first kappa shape index (κ1) is 23.6. The second-order valence-corrected chi connectivity index (χ2v) is 10.0. The van der Waals surface area contributed by atoms with Gasteiger partial charge in [-0.15, -0.1) is 0 Å². The van der Waals surface area contributed by atoms with E-state index < -0.39 is 17.4 Å². The molecule has 2 saturated carbocycles. The van der Waals surface area contributed by atoms with Gasteiger partial charge in [0.1, 0.15) is 12.6 Å². The topological polar surface area (TPSA) is 96.2 Å². The Kier molecular flexibility index (Phi) is 6.99. The van der Waals surface area contributed by atoms with Crippen LogP contribution >= 0.6 is 0 Å². The van der Waals surface area contributed by atoms with Gasteiger partial charge in [-0.25, -0.2) is 0 Å². The number of ether oxygens (including phenoxy) is 1. The average molecular weight is 432 g/mol. The number of carbonyl (C=O) groups is 2. The quantitative estimate of drug-likeness (QED) is 0.504. The Hall–Kier alpha value is -2.08. The number of fused-ring (bicyclic) bond motifs is 1. The highest BCUT2D eigenvalue weighted by atomic mass is 16.5. The maximum absolute atomic E-state index is 12.7. The van der Waals surface area contributed by atoms with E-state index in [1.54, 1.807) is 18.5 Å². The molecule has 2 N–H and O–H groups in total. The van der Waals surface area contributed by atoms with Crippen LogP contribution in [0.4, 0.5) is 0 Å². The summed E-state index contributed by atoms with van der Waals surface area (Å²) < 4.78 is 10.9. The van der Waals surface area contributed by atoms with E-state index in [0.717, 1.165) is 56.3 Å². The summed E-state index contributed by atoms with van der Waals surface area (Å²) in [4.78, 5) is 23.7. The molecule has 0 saturated heterocycles. The molecule has 0 aromatic carbocycles. The van der Waals surface area contributed by atoms with Gasteiger partial charge >= 0.3 is 5.97 Å². The molecule has 0 unspecified atom stereocenters. The van der Waals surface area contributed by atoms with E-state index in [-0.39, 0.29) is 17.3 Å². The Morgan fingerprint density at radius 3 is 2.81 bits per heavy atom. The van der Waals surface area contributed by atoms with Gasteiger partial charge in [0.15, 0.2) is 5.76 Å². The summed E-state index contributed by atoms with van der Waals surface area (Å²) in [5.74, 6) is 0.294. The number of quaternary nitrogens is 1. The molecule has 1 aromatic heterocycles. The minimum Gasteiger partial charge on any atom is -0.544 e. The fourth-order valence-corrected chi connectivity index (χ4v) is 6.41. The number of hydrogen-bond donors (Lipinski definition) is 1. The van der Waals surface area contributed by atoms with E-state index in [0.29, 0.717) is 12.5 Å². The van der Waals surface area contributed by atoms with Crippen molar-refractivity contribution < 1.29 is 29.2 Å². The molecule has 0 radical (unpaired) electrons. The average Bonchev–Trinajstić information content (AvgIpc) is 3.17. The zero-order chi connectivity index (χ0) is 22.8. The molecule has 0 bridgehead atoms. The van der Waals surface area contributed by atoms with Crippen molar-refractivity contribution in [2.45, 2.75) is 78.3 Å². The Morgan fingerprint density at radius 2 is 2.13 bits per heavy atom. The van der Waals surface area contributed by atoms with E-state index in [4.69, 9.17) is 9.15 Å². The fraction of sp³-hybridized carbons (Fsp3) is 0.680. The molecule has 172 valence electrons. The number of nitrogens with two attached hydrogens (primary N) is 1. The van der Waals surface area contributed by atoms with Crippen molar-refractivity contribution in [3.8, 4) is 0 Å². The monoisotopic (exact) mass is 431 g/mol. The minimum absolute atomic E-state index is 0.0238. The summed E-state index contributed by atoms with van der Waals surface area (Å²) in [6, 6.07) is 1.37. The van der Waals surface area contributed by atoms with Crippen molar-refractivity contribution in [2.24, 2.45) is 22.7 Å². The smallest absolute Gasteiger partial charge is 0.311 e. The number of carboxylic acid groups (broad SMARTS) is 1. The first-order chi connectivity index (χ1) is 14.6. The first-order valence-electron chi connectivity index (χ1n) is 11.5. The molecule has 2 aliphatic carbocycles. The second kappa shape index (κ2) is 9.19. The van der Waals surface area contributed by atoms with Crippen LogP contribution in [0.5, 0.6) is 0 Å². The van der Waals surface area contributed by atoms with E-state index >= 15 is 0 Å². The van der Waals surface area contributed by atoms with Crippen molar-refractivity contribution >= 4 is 11.9 Å². The molecule has 5 atom stereocenters. The maximum atomic E-state index is 12.7. The van der Waals surface area contributed by atoms with Crippen LogP contribution < -0.4 is 10.4 Å². The minimum atomic E-state index is -1.07. The lowest BCUT2D eigenvalue weighted by Crippen LogP contribution is -2.90. The third-order valence-electron chi connectivity index (χ3n) is 8.24. The van der Waals surface area contributed by atoms with E-state index in [2.05, 4.69) is 20.4 Å². The lowest BCUT2D eigenvalue weighted by Gasteiger charge is -2.57. The number of hydrogen-bond acceptors (Lipinski definition) is 5. The van der Waals surface area contributed by atoms with E-state index in [1.807, 2.05) is 6.07 Å². The number of aliphatic carboxylic acids is 1. The molecule has 6 nitrogen and oxygen atoms in total. The van der Waals surface area contributed by atoms with Crippen molar-refractivity contribution in [3.05, 3.63) is 35.8 Å². The molecular formula is C25H37NO5. The predicted octanol–water partition coefficient (Wildman–Crippen LogP) is 2.37. The van der Waals surface area contributed by atoms with Crippen LogP contribution in [0, 0.1) is 22.7 Å². The highest BCUT2D eigenvalue weighted by Crippen LogP contribution is 2.62. The first-order valence-corrected chi connectivity index (χ1v) is 11.5. The van der Waals surface area contributed by atoms with Gasteiger partial charge in [-0.3, -0.25) is 4.79 Å². The summed E-state index contributed by atoms with van der Waals surface area (Å²) in [5, 5.41) is 12.7. The van der Waals surface area contributed by atoms with Gasteiger partial charge in [0.25, 0.3) is 0 Å². The Labute approximate surface area is 185 Å². The maximum Gasteiger partial charge on any atom is 0.311 e. The van der Waals surface area contributed by atoms with E-state index in [9.17, 15) is 14.7 Å². The standard InChI is InChI=1S/C25H37NO5/c1-16-7-10-21-24(3,12-6-13-25(21,4)23(29)30-5)19(16)9-8-18-11-14-31-20(18)15-26-17(2)22(27)28/h11,14,17,19,21,26H,1,6-10,12-13,15H2,2-5H3,(H,27,28)/t17-,19-,21-,24-,25-/m1/s1. The van der Waals surface area contributed by atoms with Crippen molar-refractivity contribution in [1.29, 1.82) is 0 Å². The third kappa shape index (κ3) is 4.45. The van der Waals surface area contributed by atoms with Gasteiger partial charge in [-0.2, -0.15) is 0 Å². The van der Waals surface area contributed by atoms with Gasteiger partial charge in [0.2, 0.25) is 0 Å². The number of carbonyl (C=O) groups excluding carboxylic acids is 2. The number of aryl methyl sites for hydroxylation is 1. The normalized spacial score (nSPS) is 31.7. The molecule has 1 heterocycles. The Morgan fingerprint density at radius 1 is 1.39 bits per heavy atom. The number of methoxy groups -OCH3 is 1. The molecular weight excluding hydrogens is 394 g/mol. The lowest BCUT2D eigenvalue weighted by molar-refractivity contribution is -0.696. The molecule has 2 fully saturated rings. The summed E-state index contributed by atoms with van der Waals surface area (Å²) >= 11 is 0. The zero-order valence-corrected chi connectivity index (χ0v) is 19.4. The van der Waals surface area contributed by atoms with Crippen molar-refractivity contribution in [3.63, 3.8) is 0 Å². The van der Waals surface area contributed by atoms with Gasteiger partial charge < -0.3 is 24.4 Å². The van der Waals surface area contributed by atoms with Crippen LogP contribution in [0.2, 0.25) is 0 Å². The highest BCUT2D eigenvalue weighted by molar-refractivity contribution is 5.77. The van der Waals surface area contributed by atoms with Crippen molar-refractivity contribution in [2.75, 3.05) is 7.11 Å². The number of allylic oxidation sites excluding steroid dienone is 1. The van der Waals surface area contributed by atoms with Gasteiger partial charge in [0.05, 0.1) is 24.8 Å². The van der Waals surface area contributed by atoms with Gasteiger partial charge in [-0.05, 0) is 81.3 Å². The molecule has 31 heavy (non-hydrogen) atoms.